The summed E-state index contributed by atoms with van der Waals surface area (Å²) in [6, 6.07) is 21.9. The first-order valence-corrected chi connectivity index (χ1v) is 9.97. The van der Waals surface area contributed by atoms with E-state index in [-0.39, 0.29) is 5.91 Å². The predicted molar refractivity (Wildman–Crippen MR) is 119 cm³/mol. The fraction of sp³-hybridized carbons (Fsp3) is 0.200. The van der Waals surface area contributed by atoms with Crippen LogP contribution in [0.1, 0.15) is 32.9 Å². The minimum Gasteiger partial charge on any atom is -0.497 e. The lowest BCUT2D eigenvalue weighted by atomic mass is 10.1. The Kier molecular flexibility index (Phi) is 5.53. The number of hydrogen-bond acceptors (Lipinski definition) is 3. The first-order valence-electron chi connectivity index (χ1n) is 9.97. The van der Waals surface area contributed by atoms with Crippen LogP contribution in [0, 0.1) is 13.8 Å². The van der Waals surface area contributed by atoms with Gasteiger partial charge < -0.3 is 14.6 Å². The smallest absolute Gasteiger partial charge is 0.251 e. The van der Waals surface area contributed by atoms with Crippen LogP contribution >= 0.6 is 0 Å². The van der Waals surface area contributed by atoms with E-state index < -0.39 is 0 Å². The first kappa shape index (κ1) is 19.7. The summed E-state index contributed by atoms with van der Waals surface area (Å²) in [6.07, 6.45) is 0. The normalized spacial score (nSPS) is 10.9. The molecular formula is C25H25N3O2. The zero-order chi connectivity index (χ0) is 21.1. The van der Waals surface area contributed by atoms with Gasteiger partial charge in [0.05, 0.1) is 24.7 Å². The van der Waals surface area contributed by atoms with Gasteiger partial charge in [0.25, 0.3) is 5.91 Å². The molecular weight excluding hydrogens is 374 g/mol. The van der Waals surface area contributed by atoms with Crippen LogP contribution < -0.4 is 10.1 Å². The van der Waals surface area contributed by atoms with Gasteiger partial charge in [0, 0.05) is 12.1 Å². The number of benzene rings is 3. The first-order chi connectivity index (χ1) is 14.5. The number of methoxy groups -OCH3 is 1. The maximum absolute atomic E-state index is 12.7. The highest BCUT2D eigenvalue weighted by Crippen LogP contribution is 2.20. The fourth-order valence-corrected chi connectivity index (χ4v) is 3.67. The highest BCUT2D eigenvalue weighted by molar-refractivity contribution is 5.95. The lowest BCUT2D eigenvalue weighted by Crippen LogP contribution is -2.25. The number of aromatic nitrogens is 2. The maximum atomic E-state index is 12.7. The number of para-hydroxylation sites is 2. The Balaban J connectivity index is 1.60. The van der Waals surface area contributed by atoms with Crippen molar-refractivity contribution >= 4 is 16.9 Å². The third-order valence-corrected chi connectivity index (χ3v) is 5.27. The topological polar surface area (TPSA) is 56.1 Å². The summed E-state index contributed by atoms with van der Waals surface area (Å²) in [6.45, 7) is 5.01. The molecule has 0 spiro atoms. The highest BCUT2D eigenvalue weighted by Gasteiger charge is 2.14. The number of carbonyl (C=O) groups is 1. The lowest BCUT2D eigenvalue weighted by molar-refractivity contribution is 0.0949. The molecule has 4 aromatic rings. The van der Waals surface area contributed by atoms with E-state index in [1.54, 1.807) is 7.11 Å². The molecule has 0 radical (unpaired) electrons. The van der Waals surface area contributed by atoms with Crippen molar-refractivity contribution in [2.75, 3.05) is 7.11 Å². The molecule has 0 atom stereocenters. The molecule has 1 N–H and O–H groups in total. The van der Waals surface area contributed by atoms with E-state index in [1.165, 1.54) is 0 Å². The number of ether oxygens (including phenoxy) is 1. The van der Waals surface area contributed by atoms with Crippen LogP contribution in [0.5, 0.6) is 5.75 Å². The molecule has 0 saturated carbocycles. The van der Waals surface area contributed by atoms with Crippen LogP contribution in [0.3, 0.4) is 0 Å². The van der Waals surface area contributed by atoms with Crippen molar-refractivity contribution in [2.24, 2.45) is 0 Å². The number of fused-ring (bicyclic) bond motifs is 1. The molecule has 30 heavy (non-hydrogen) atoms. The molecule has 0 saturated heterocycles. The van der Waals surface area contributed by atoms with Gasteiger partial charge in [-0.1, -0.05) is 42.0 Å². The van der Waals surface area contributed by atoms with E-state index >= 15 is 0 Å². The van der Waals surface area contributed by atoms with Crippen molar-refractivity contribution in [3.63, 3.8) is 0 Å². The molecule has 0 aliphatic carbocycles. The van der Waals surface area contributed by atoms with Crippen LogP contribution in [0.4, 0.5) is 0 Å². The molecule has 0 unspecified atom stereocenters. The number of nitrogens with zero attached hydrogens (tertiary/aromatic N) is 2. The minimum absolute atomic E-state index is 0.0875. The van der Waals surface area contributed by atoms with Gasteiger partial charge in [0.1, 0.15) is 11.6 Å². The second kappa shape index (κ2) is 8.41. The molecule has 5 heteroatoms. The molecule has 0 fully saturated rings. The summed E-state index contributed by atoms with van der Waals surface area (Å²) in [5.74, 6) is 1.57. The van der Waals surface area contributed by atoms with E-state index in [4.69, 9.17) is 9.72 Å². The summed E-state index contributed by atoms with van der Waals surface area (Å²) in [7, 11) is 1.66. The van der Waals surface area contributed by atoms with Crippen molar-refractivity contribution in [3.05, 3.63) is 94.8 Å². The quantitative estimate of drug-likeness (QED) is 0.514. The summed E-state index contributed by atoms with van der Waals surface area (Å²) >= 11 is 0. The van der Waals surface area contributed by atoms with E-state index in [0.29, 0.717) is 18.7 Å². The Hall–Kier alpha value is -3.60. The SMILES string of the molecule is COc1ccc(Cn2c(CNC(=O)c3ccc(C)cc3C)nc3ccccc32)cc1. The highest BCUT2D eigenvalue weighted by atomic mass is 16.5. The second-order valence-corrected chi connectivity index (χ2v) is 7.45. The zero-order valence-corrected chi connectivity index (χ0v) is 17.5. The van der Waals surface area contributed by atoms with Gasteiger partial charge in [-0.05, 0) is 55.3 Å². The molecule has 0 bridgehead atoms. The van der Waals surface area contributed by atoms with Crippen LogP contribution in [0.25, 0.3) is 11.0 Å². The summed E-state index contributed by atoms with van der Waals surface area (Å²) < 4.78 is 7.41. The molecule has 5 nitrogen and oxygen atoms in total. The van der Waals surface area contributed by atoms with Gasteiger partial charge in [-0.15, -0.1) is 0 Å². The van der Waals surface area contributed by atoms with Crippen LogP contribution in [0.15, 0.2) is 66.7 Å². The number of rotatable bonds is 6. The Labute approximate surface area is 176 Å². The van der Waals surface area contributed by atoms with Crippen molar-refractivity contribution in [1.82, 2.24) is 14.9 Å². The van der Waals surface area contributed by atoms with Gasteiger partial charge in [-0.25, -0.2) is 4.98 Å². The van der Waals surface area contributed by atoms with Crippen molar-refractivity contribution in [1.29, 1.82) is 0 Å². The number of amides is 1. The predicted octanol–water partition coefficient (Wildman–Crippen LogP) is 4.64. The van der Waals surface area contributed by atoms with Crippen molar-refractivity contribution < 1.29 is 9.53 Å². The summed E-state index contributed by atoms with van der Waals surface area (Å²) in [5.41, 5.74) is 5.91. The third kappa shape index (κ3) is 4.06. The number of nitrogens with one attached hydrogen (secondary N) is 1. The van der Waals surface area contributed by atoms with Gasteiger partial charge >= 0.3 is 0 Å². The Morgan fingerprint density at radius 2 is 1.80 bits per heavy atom. The fourth-order valence-electron chi connectivity index (χ4n) is 3.67. The summed E-state index contributed by atoms with van der Waals surface area (Å²) in [4.78, 5) is 17.5. The second-order valence-electron chi connectivity index (χ2n) is 7.45. The van der Waals surface area contributed by atoms with E-state index in [9.17, 15) is 4.79 Å². The van der Waals surface area contributed by atoms with Crippen LogP contribution in [-0.4, -0.2) is 22.6 Å². The molecule has 3 aromatic carbocycles. The maximum Gasteiger partial charge on any atom is 0.251 e. The number of hydrogen-bond donors (Lipinski definition) is 1. The standard InChI is InChI=1S/C25H25N3O2/c1-17-8-13-21(18(2)14-17)25(29)26-15-24-27-22-6-4-5-7-23(22)28(24)16-19-9-11-20(30-3)12-10-19/h4-14H,15-16H2,1-3H3,(H,26,29). The van der Waals surface area contributed by atoms with Gasteiger partial charge in [0.15, 0.2) is 0 Å². The Morgan fingerprint density at radius 3 is 2.53 bits per heavy atom. The third-order valence-electron chi connectivity index (χ3n) is 5.27. The molecule has 152 valence electrons. The molecule has 1 amide bonds. The summed E-state index contributed by atoms with van der Waals surface area (Å²) in [5, 5.41) is 3.04. The van der Waals surface area contributed by atoms with Gasteiger partial charge in [0.2, 0.25) is 0 Å². The molecule has 0 aliphatic heterocycles. The molecule has 4 rings (SSSR count). The van der Waals surface area contributed by atoms with Crippen molar-refractivity contribution in [2.45, 2.75) is 26.9 Å². The zero-order valence-electron chi connectivity index (χ0n) is 17.5. The van der Waals surface area contributed by atoms with Gasteiger partial charge in [-0.3, -0.25) is 4.79 Å². The Morgan fingerprint density at radius 1 is 1.03 bits per heavy atom. The van der Waals surface area contributed by atoms with Crippen molar-refractivity contribution in [3.8, 4) is 5.75 Å². The monoisotopic (exact) mass is 399 g/mol. The number of carbonyl (C=O) groups excluding carboxylic acids is 1. The number of imidazole rings is 1. The molecule has 0 aliphatic rings. The molecule has 1 aromatic heterocycles. The van der Waals surface area contributed by atoms with Crippen LogP contribution in [-0.2, 0) is 13.1 Å². The largest absolute Gasteiger partial charge is 0.497 e. The minimum atomic E-state index is -0.0875. The van der Waals surface area contributed by atoms with Crippen LogP contribution in [0.2, 0.25) is 0 Å². The Bertz CT molecular complexity index is 1190. The average Bonchev–Trinajstić information content (AvgIpc) is 3.10. The van der Waals surface area contributed by atoms with E-state index in [1.807, 2.05) is 74.5 Å². The van der Waals surface area contributed by atoms with Gasteiger partial charge in [-0.2, -0.15) is 0 Å². The van der Waals surface area contributed by atoms with E-state index in [2.05, 4.69) is 16.0 Å². The number of aryl methyl sites for hydroxylation is 2. The molecule has 1 heterocycles. The van der Waals surface area contributed by atoms with E-state index in [0.717, 1.165) is 39.3 Å². The lowest BCUT2D eigenvalue weighted by Gasteiger charge is -2.12. The average molecular weight is 399 g/mol.